The molecule has 11 nitrogen and oxygen atoms in total. The summed E-state index contributed by atoms with van der Waals surface area (Å²) < 4.78 is 0. The van der Waals surface area contributed by atoms with Gasteiger partial charge >= 0.3 is 5.69 Å². The highest BCUT2D eigenvalue weighted by molar-refractivity contribution is 5.95. The molecule has 122 valence electrons. The Labute approximate surface area is 133 Å². The minimum Gasteiger partial charge on any atom is -0.502 e. The number of aromatic nitrogens is 1. The fourth-order valence-corrected chi connectivity index (χ4v) is 1.69. The number of rotatable bonds is 5. The number of amides is 1. The fourth-order valence-electron chi connectivity index (χ4n) is 1.69. The van der Waals surface area contributed by atoms with E-state index in [1.54, 1.807) is 0 Å². The molecule has 1 aromatic heterocycles. The Balaban J connectivity index is 2.27. The molecule has 0 bridgehead atoms. The number of aromatic hydroxyl groups is 1. The van der Waals surface area contributed by atoms with Crippen molar-refractivity contribution in [3.05, 3.63) is 68.0 Å². The summed E-state index contributed by atoms with van der Waals surface area (Å²) in [6.45, 7) is 0. The van der Waals surface area contributed by atoms with Crippen LogP contribution in [0.3, 0.4) is 0 Å². The van der Waals surface area contributed by atoms with Crippen molar-refractivity contribution in [3.63, 3.8) is 0 Å². The highest BCUT2D eigenvalue weighted by Gasteiger charge is 2.23. The molecule has 0 fully saturated rings. The van der Waals surface area contributed by atoms with Crippen LogP contribution < -0.4 is 5.43 Å². The number of hydrogen-bond acceptors (Lipinski definition) is 8. The van der Waals surface area contributed by atoms with Crippen LogP contribution in [0.15, 0.2) is 41.8 Å². The number of benzene rings is 1. The van der Waals surface area contributed by atoms with E-state index in [0.717, 1.165) is 12.3 Å². The SMILES string of the molecule is O=C(NN=Cc1cc([N+](=O)[O-])cc([N+](=O)[O-])c1O)c1cccnc1. The van der Waals surface area contributed by atoms with Gasteiger partial charge in [0.05, 0.1) is 33.3 Å². The molecule has 0 spiro atoms. The minimum atomic E-state index is -0.964. The Kier molecular flexibility index (Phi) is 4.75. The van der Waals surface area contributed by atoms with E-state index in [4.69, 9.17) is 0 Å². The van der Waals surface area contributed by atoms with E-state index in [-0.39, 0.29) is 11.1 Å². The lowest BCUT2D eigenvalue weighted by molar-refractivity contribution is -0.394. The van der Waals surface area contributed by atoms with Gasteiger partial charge in [-0.3, -0.25) is 30.0 Å². The maximum atomic E-state index is 11.7. The quantitative estimate of drug-likeness (QED) is 0.475. The number of carbonyl (C=O) groups is 1. The van der Waals surface area contributed by atoms with Gasteiger partial charge in [-0.05, 0) is 12.1 Å². The molecule has 2 aromatic rings. The molecule has 11 heteroatoms. The lowest BCUT2D eigenvalue weighted by atomic mass is 10.1. The average Bonchev–Trinajstić information content (AvgIpc) is 2.56. The van der Waals surface area contributed by atoms with Crippen molar-refractivity contribution in [3.8, 4) is 5.75 Å². The number of hydrogen-bond donors (Lipinski definition) is 2. The van der Waals surface area contributed by atoms with E-state index < -0.39 is 32.9 Å². The van der Waals surface area contributed by atoms with E-state index in [9.17, 15) is 30.1 Å². The van der Waals surface area contributed by atoms with Crippen LogP contribution in [0.2, 0.25) is 0 Å². The molecule has 0 aliphatic heterocycles. The number of pyridine rings is 1. The monoisotopic (exact) mass is 331 g/mol. The highest BCUT2D eigenvalue weighted by atomic mass is 16.6. The first-order chi connectivity index (χ1) is 11.4. The fraction of sp³-hybridized carbons (Fsp3) is 0. The van der Waals surface area contributed by atoms with Crippen LogP contribution in [0.5, 0.6) is 5.75 Å². The van der Waals surface area contributed by atoms with Gasteiger partial charge in [0.2, 0.25) is 5.75 Å². The smallest absolute Gasteiger partial charge is 0.318 e. The maximum absolute atomic E-state index is 11.7. The summed E-state index contributed by atoms with van der Waals surface area (Å²) in [5.74, 6) is -1.41. The van der Waals surface area contributed by atoms with Crippen LogP contribution in [0, 0.1) is 20.2 Å². The van der Waals surface area contributed by atoms with Crippen LogP contribution in [-0.2, 0) is 0 Å². The Bertz CT molecular complexity index is 836. The van der Waals surface area contributed by atoms with Crippen molar-refractivity contribution in [1.82, 2.24) is 10.4 Å². The first-order valence-corrected chi connectivity index (χ1v) is 6.29. The van der Waals surface area contributed by atoms with E-state index >= 15 is 0 Å². The van der Waals surface area contributed by atoms with Crippen LogP contribution in [0.4, 0.5) is 11.4 Å². The van der Waals surface area contributed by atoms with Gasteiger partial charge in [-0.15, -0.1) is 0 Å². The second-order valence-corrected chi connectivity index (χ2v) is 4.36. The van der Waals surface area contributed by atoms with Crippen molar-refractivity contribution in [2.45, 2.75) is 0 Å². The number of phenols is 1. The summed E-state index contributed by atoms with van der Waals surface area (Å²) in [7, 11) is 0. The first kappa shape index (κ1) is 16.5. The Hall–Kier alpha value is -3.89. The third-order valence-electron chi connectivity index (χ3n) is 2.81. The number of nitrogens with zero attached hydrogens (tertiary/aromatic N) is 4. The topological polar surface area (TPSA) is 161 Å². The van der Waals surface area contributed by atoms with Gasteiger partial charge in [0, 0.05) is 18.5 Å². The van der Waals surface area contributed by atoms with Crippen molar-refractivity contribution in [1.29, 1.82) is 0 Å². The zero-order valence-electron chi connectivity index (χ0n) is 11.8. The maximum Gasteiger partial charge on any atom is 0.318 e. The van der Waals surface area contributed by atoms with Gasteiger partial charge in [0.25, 0.3) is 11.6 Å². The molecule has 0 radical (unpaired) electrons. The van der Waals surface area contributed by atoms with Gasteiger partial charge < -0.3 is 5.11 Å². The molecule has 2 N–H and O–H groups in total. The summed E-state index contributed by atoms with van der Waals surface area (Å²) in [6.07, 6.45) is 3.63. The molecule has 1 aromatic carbocycles. The summed E-state index contributed by atoms with van der Waals surface area (Å²) in [5, 5.41) is 34.9. The normalized spacial score (nSPS) is 10.5. The van der Waals surface area contributed by atoms with E-state index in [2.05, 4.69) is 15.5 Å². The van der Waals surface area contributed by atoms with Gasteiger partial charge in [0.1, 0.15) is 0 Å². The van der Waals surface area contributed by atoms with Crippen LogP contribution in [0.25, 0.3) is 0 Å². The lowest BCUT2D eigenvalue weighted by Crippen LogP contribution is -2.17. The molecule has 0 aliphatic carbocycles. The van der Waals surface area contributed by atoms with Crippen molar-refractivity contribution in [2.75, 3.05) is 0 Å². The highest BCUT2D eigenvalue weighted by Crippen LogP contribution is 2.33. The first-order valence-electron chi connectivity index (χ1n) is 6.29. The number of nitro groups is 2. The predicted molar refractivity (Wildman–Crippen MR) is 80.7 cm³/mol. The molecule has 0 unspecified atom stereocenters. The molecule has 1 heterocycles. The van der Waals surface area contributed by atoms with Gasteiger partial charge in [0.15, 0.2) is 0 Å². The molecule has 0 aliphatic rings. The molecule has 1 amide bonds. The number of carbonyl (C=O) groups excluding carboxylic acids is 1. The number of nitrogens with one attached hydrogen (secondary N) is 1. The van der Waals surface area contributed by atoms with E-state index in [0.29, 0.717) is 6.07 Å². The Morgan fingerprint density at radius 2 is 2.04 bits per heavy atom. The van der Waals surface area contributed by atoms with Crippen LogP contribution >= 0.6 is 0 Å². The molecule has 2 rings (SSSR count). The minimum absolute atomic E-state index is 0.212. The Morgan fingerprint density at radius 1 is 1.29 bits per heavy atom. The van der Waals surface area contributed by atoms with Crippen LogP contribution in [0.1, 0.15) is 15.9 Å². The second-order valence-electron chi connectivity index (χ2n) is 4.36. The van der Waals surface area contributed by atoms with Crippen molar-refractivity contribution < 1.29 is 19.7 Å². The van der Waals surface area contributed by atoms with Gasteiger partial charge in [-0.25, -0.2) is 5.43 Å². The largest absolute Gasteiger partial charge is 0.502 e. The number of non-ortho nitro benzene ring substituents is 1. The van der Waals surface area contributed by atoms with Gasteiger partial charge in [-0.2, -0.15) is 5.10 Å². The average molecular weight is 331 g/mol. The summed E-state index contributed by atoms with van der Waals surface area (Å²) in [6, 6.07) is 4.53. The standard InChI is InChI=1S/C13H9N5O6/c19-12-9(4-10(17(21)22)5-11(12)18(23)24)7-15-16-13(20)8-2-1-3-14-6-8/h1-7,19H,(H,16,20). The van der Waals surface area contributed by atoms with Crippen molar-refractivity contribution >= 4 is 23.5 Å². The van der Waals surface area contributed by atoms with E-state index in [1.165, 1.54) is 24.5 Å². The third kappa shape index (κ3) is 3.65. The van der Waals surface area contributed by atoms with Crippen molar-refractivity contribution in [2.24, 2.45) is 5.10 Å². The number of phenolic OH excluding ortho intramolecular Hbond substituents is 1. The molecule has 0 saturated carbocycles. The molecular formula is C13H9N5O6. The Morgan fingerprint density at radius 3 is 2.62 bits per heavy atom. The zero-order valence-corrected chi connectivity index (χ0v) is 11.8. The predicted octanol–water partition coefficient (Wildman–Crippen LogP) is 1.37. The summed E-state index contributed by atoms with van der Waals surface area (Å²) >= 11 is 0. The third-order valence-corrected chi connectivity index (χ3v) is 2.81. The summed E-state index contributed by atoms with van der Waals surface area (Å²) in [4.78, 5) is 35.3. The summed E-state index contributed by atoms with van der Waals surface area (Å²) in [5.41, 5.74) is 0.593. The number of nitro benzene ring substituents is 2. The number of hydrazone groups is 1. The van der Waals surface area contributed by atoms with E-state index in [1.807, 2.05) is 0 Å². The molecular weight excluding hydrogens is 322 g/mol. The molecule has 0 saturated heterocycles. The van der Waals surface area contributed by atoms with Crippen LogP contribution in [-0.4, -0.2) is 32.1 Å². The zero-order chi connectivity index (χ0) is 17.7. The second kappa shape index (κ2) is 6.91. The lowest BCUT2D eigenvalue weighted by Gasteiger charge is -2.01. The molecule has 0 atom stereocenters. The van der Waals surface area contributed by atoms with Gasteiger partial charge in [-0.1, -0.05) is 0 Å². The molecule has 24 heavy (non-hydrogen) atoms.